The molecule has 1 aromatic heterocycles. The second-order valence-corrected chi connectivity index (χ2v) is 5.85. The van der Waals surface area contributed by atoms with Crippen molar-refractivity contribution in [3.63, 3.8) is 0 Å². The van der Waals surface area contributed by atoms with Crippen molar-refractivity contribution in [2.75, 3.05) is 18.5 Å². The first-order valence-corrected chi connectivity index (χ1v) is 7.97. The molecule has 4 rings (SSSR count). The van der Waals surface area contributed by atoms with Crippen LogP contribution in [0.4, 0.5) is 14.6 Å². The largest absolute Gasteiger partial charge is 0.360 e. The Hall–Kier alpha value is -2.51. The van der Waals surface area contributed by atoms with E-state index in [9.17, 15) is 8.78 Å². The van der Waals surface area contributed by atoms with E-state index >= 15 is 0 Å². The zero-order valence-electron chi connectivity index (χ0n) is 13.5. The van der Waals surface area contributed by atoms with Crippen LogP contribution in [0.25, 0.3) is 11.0 Å². The molecule has 1 aliphatic rings. The highest BCUT2D eigenvalue weighted by molar-refractivity contribution is 5.89. The molecule has 1 aliphatic heterocycles. The number of hydrogen-bond donors (Lipinski definition) is 1. The minimum atomic E-state index is -1.10. The van der Waals surface area contributed by atoms with Gasteiger partial charge in [0.25, 0.3) is 0 Å². The quantitative estimate of drug-likeness (QED) is 0.762. The van der Waals surface area contributed by atoms with E-state index in [-0.39, 0.29) is 17.2 Å². The fourth-order valence-electron chi connectivity index (χ4n) is 2.88. The minimum Gasteiger partial charge on any atom is -0.360 e. The van der Waals surface area contributed by atoms with Gasteiger partial charge in [0, 0.05) is 5.56 Å². The van der Waals surface area contributed by atoms with Crippen LogP contribution in [0.15, 0.2) is 40.9 Å². The lowest BCUT2D eigenvalue weighted by molar-refractivity contribution is -0.0467. The maximum absolute atomic E-state index is 14.3. The average Bonchev–Trinajstić information content (AvgIpc) is 3.29. The van der Waals surface area contributed by atoms with Crippen LogP contribution in [0.2, 0.25) is 0 Å². The van der Waals surface area contributed by atoms with E-state index < -0.39 is 17.9 Å². The van der Waals surface area contributed by atoms with Crippen LogP contribution in [0.5, 0.6) is 0 Å². The van der Waals surface area contributed by atoms with Gasteiger partial charge >= 0.3 is 0 Å². The summed E-state index contributed by atoms with van der Waals surface area (Å²) in [5.41, 5.74) is 0.798. The van der Waals surface area contributed by atoms with Gasteiger partial charge in [0.1, 0.15) is 0 Å². The van der Waals surface area contributed by atoms with E-state index in [1.165, 1.54) is 6.07 Å². The van der Waals surface area contributed by atoms with Gasteiger partial charge in [0.05, 0.1) is 24.6 Å². The zero-order valence-corrected chi connectivity index (χ0v) is 13.5. The van der Waals surface area contributed by atoms with Crippen LogP contribution >= 0.6 is 0 Å². The normalized spacial score (nSPS) is 16.4. The second kappa shape index (κ2) is 6.42. The number of halogens is 2. The van der Waals surface area contributed by atoms with E-state index in [2.05, 4.69) is 10.5 Å². The van der Waals surface area contributed by atoms with Crippen molar-refractivity contribution in [3.05, 3.63) is 59.2 Å². The van der Waals surface area contributed by atoms with Crippen LogP contribution in [0.3, 0.4) is 0 Å². The van der Waals surface area contributed by atoms with E-state index in [1.807, 2.05) is 37.3 Å². The number of nitrogens with zero attached hydrogens (tertiary/aromatic N) is 1. The molecular weight excluding hydrogens is 330 g/mol. The molecule has 0 saturated carbocycles. The maximum Gasteiger partial charge on any atom is 0.207 e. The maximum atomic E-state index is 14.3. The molecule has 1 N–H and O–H groups in total. The highest BCUT2D eigenvalue weighted by Crippen LogP contribution is 2.35. The Morgan fingerprint density at radius 2 is 1.84 bits per heavy atom. The summed E-state index contributed by atoms with van der Waals surface area (Å²) in [6.45, 7) is 2.62. The first-order valence-electron chi connectivity index (χ1n) is 7.97. The smallest absolute Gasteiger partial charge is 0.207 e. The molecule has 5 nitrogen and oxygen atoms in total. The number of hydrogen-bond acceptors (Lipinski definition) is 5. The standard InChI is InChI=1S/C18H16F2N2O3/c1-10(11-5-3-2-4-6-11)21-17-13-9-12(18-23-7-8-24-18)14(19)15(20)16(13)25-22-17/h2-6,9-10,18H,7-8H2,1H3,(H,21,22)/t10-/m0/s1. The van der Waals surface area contributed by atoms with Gasteiger partial charge in [0.2, 0.25) is 11.4 Å². The Labute approximate surface area is 142 Å². The van der Waals surface area contributed by atoms with Crippen molar-refractivity contribution in [2.45, 2.75) is 19.3 Å². The Balaban J connectivity index is 1.72. The molecule has 2 heterocycles. The molecule has 0 spiro atoms. The lowest BCUT2D eigenvalue weighted by Gasteiger charge is -2.14. The molecular formula is C18H16F2N2O3. The van der Waals surface area contributed by atoms with Crippen molar-refractivity contribution in [1.29, 1.82) is 0 Å². The third-order valence-electron chi connectivity index (χ3n) is 4.20. The SMILES string of the molecule is C[C@H](Nc1noc2c(F)c(F)c(C3OCCO3)cc12)c1ccccc1. The van der Waals surface area contributed by atoms with Gasteiger partial charge in [-0.25, -0.2) is 4.39 Å². The van der Waals surface area contributed by atoms with E-state index in [0.717, 1.165) is 5.56 Å². The molecule has 1 atom stereocenters. The number of fused-ring (bicyclic) bond motifs is 1. The van der Waals surface area contributed by atoms with E-state index in [1.54, 1.807) is 0 Å². The van der Waals surface area contributed by atoms with Crippen LogP contribution in [-0.4, -0.2) is 18.4 Å². The molecule has 25 heavy (non-hydrogen) atoms. The molecule has 1 saturated heterocycles. The monoisotopic (exact) mass is 346 g/mol. The second-order valence-electron chi connectivity index (χ2n) is 5.85. The summed E-state index contributed by atoms with van der Waals surface area (Å²) in [6, 6.07) is 11.1. The van der Waals surface area contributed by atoms with Crippen LogP contribution in [0.1, 0.15) is 30.4 Å². The fraction of sp³-hybridized carbons (Fsp3) is 0.278. The predicted octanol–water partition coefficient (Wildman–Crippen LogP) is 4.32. The summed E-state index contributed by atoms with van der Waals surface area (Å²) < 4.78 is 44.2. The van der Waals surface area contributed by atoms with Gasteiger partial charge in [-0.05, 0) is 18.6 Å². The predicted molar refractivity (Wildman–Crippen MR) is 87.0 cm³/mol. The molecule has 7 heteroatoms. The van der Waals surface area contributed by atoms with Gasteiger partial charge in [-0.3, -0.25) is 0 Å². The summed E-state index contributed by atoms with van der Waals surface area (Å²) in [6.07, 6.45) is -0.923. The molecule has 0 amide bonds. The van der Waals surface area contributed by atoms with Crippen molar-refractivity contribution in [3.8, 4) is 0 Å². The summed E-state index contributed by atoms with van der Waals surface area (Å²) >= 11 is 0. The van der Waals surface area contributed by atoms with Gasteiger partial charge in [-0.2, -0.15) is 4.39 Å². The van der Waals surface area contributed by atoms with E-state index in [4.69, 9.17) is 14.0 Å². The van der Waals surface area contributed by atoms with Crippen LogP contribution in [0, 0.1) is 11.6 Å². The zero-order chi connectivity index (χ0) is 17.4. The topological polar surface area (TPSA) is 56.5 Å². The Bertz CT molecular complexity index is 892. The molecule has 0 bridgehead atoms. The molecule has 0 aliphatic carbocycles. The first-order chi connectivity index (χ1) is 12.1. The number of ether oxygens (including phenoxy) is 2. The van der Waals surface area contributed by atoms with Crippen LogP contribution < -0.4 is 5.32 Å². The lowest BCUT2D eigenvalue weighted by Crippen LogP contribution is -2.07. The number of nitrogens with one attached hydrogen (secondary N) is 1. The first kappa shape index (κ1) is 16.0. The fourth-order valence-corrected chi connectivity index (χ4v) is 2.88. The van der Waals surface area contributed by atoms with Crippen molar-refractivity contribution < 1.29 is 22.8 Å². The molecule has 0 unspecified atom stereocenters. The molecule has 3 aromatic rings. The highest BCUT2D eigenvalue weighted by atomic mass is 19.2. The number of rotatable bonds is 4. The van der Waals surface area contributed by atoms with Gasteiger partial charge in [0.15, 0.2) is 17.9 Å². The van der Waals surface area contributed by atoms with Crippen molar-refractivity contribution in [2.24, 2.45) is 0 Å². The average molecular weight is 346 g/mol. The summed E-state index contributed by atoms with van der Waals surface area (Å²) in [5, 5.41) is 7.37. The van der Waals surface area contributed by atoms with Crippen molar-refractivity contribution in [1.82, 2.24) is 5.16 Å². The lowest BCUT2D eigenvalue weighted by atomic mass is 10.1. The van der Waals surface area contributed by atoms with Gasteiger partial charge < -0.3 is 19.3 Å². The summed E-state index contributed by atoms with van der Waals surface area (Å²) in [7, 11) is 0. The summed E-state index contributed by atoms with van der Waals surface area (Å²) in [5.74, 6) is -1.80. The minimum absolute atomic E-state index is 0.00103. The molecule has 1 fully saturated rings. The van der Waals surface area contributed by atoms with Crippen molar-refractivity contribution >= 4 is 16.8 Å². The Morgan fingerprint density at radius 1 is 1.12 bits per heavy atom. The Kier molecular flexibility index (Phi) is 4.10. The third-order valence-corrected chi connectivity index (χ3v) is 4.20. The van der Waals surface area contributed by atoms with E-state index in [0.29, 0.717) is 24.4 Å². The Morgan fingerprint density at radius 3 is 2.56 bits per heavy atom. The summed E-state index contributed by atoms with van der Waals surface area (Å²) in [4.78, 5) is 0. The molecule has 130 valence electrons. The van der Waals surface area contributed by atoms with Gasteiger partial charge in [-0.1, -0.05) is 35.5 Å². The van der Waals surface area contributed by atoms with Gasteiger partial charge in [-0.15, -0.1) is 0 Å². The number of aromatic nitrogens is 1. The van der Waals surface area contributed by atoms with Crippen LogP contribution in [-0.2, 0) is 9.47 Å². The number of benzene rings is 2. The highest BCUT2D eigenvalue weighted by Gasteiger charge is 2.28. The third kappa shape index (κ3) is 2.85. The number of anilines is 1. The molecule has 0 radical (unpaired) electrons. The molecule has 2 aromatic carbocycles.